The molecule has 0 aliphatic rings. The molecule has 2 nitrogen and oxygen atoms in total. The molecule has 6 heteroatoms. The highest BCUT2D eigenvalue weighted by molar-refractivity contribution is 7.22. The van der Waals surface area contributed by atoms with Gasteiger partial charge in [0.15, 0.2) is 5.13 Å². The van der Waals surface area contributed by atoms with Crippen LogP contribution in [-0.4, -0.2) is 4.98 Å². The maximum Gasteiger partial charge on any atom is 0.188 e. The van der Waals surface area contributed by atoms with E-state index in [1.54, 1.807) is 6.07 Å². The minimum absolute atomic E-state index is 0.00706. The normalized spacial score (nSPS) is 11.0. The van der Waals surface area contributed by atoms with Crippen molar-refractivity contribution >= 4 is 32.4 Å². The van der Waals surface area contributed by atoms with Crippen LogP contribution in [0, 0.1) is 24.4 Å². The molecule has 0 aliphatic carbocycles. The fourth-order valence-corrected chi connectivity index (χ4v) is 2.71. The van der Waals surface area contributed by atoms with Gasteiger partial charge in [-0.05, 0) is 36.8 Å². The molecule has 0 atom stereocenters. The van der Waals surface area contributed by atoms with Gasteiger partial charge in [0, 0.05) is 6.07 Å². The van der Waals surface area contributed by atoms with Crippen molar-refractivity contribution in [1.29, 1.82) is 0 Å². The summed E-state index contributed by atoms with van der Waals surface area (Å²) in [7, 11) is 0. The average molecular weight is 294 g/mol. The lowest BCUT2D eigenvalue weighted by atomic mass is 10.2. The zero-order valence-electron chi connectivity index (χ0n) is 10.4. The third-order valence-electron chi connectivity index (χ3n) is 2.84. The van der Waals surface area contributed by atoms with Crippen LogP contribution >= 0.6 is 11.3 Å². The number of fused-ring (bicyclic) bond motifs is 1. The highest BCUT2D eigenvalue weighted by Gasteiger charge is 2.10. The monoisotopic (exact) mass is 294 g/mol. The number of rotatable bonds is 2. The average Bonchev–Trinajstić information content (AvgIpc) is 2.77. The van der Waals surface area contributed by atoms with E-state index in [4.69, 9.17) is 0 Å². The lowest BCUT2D eigenvalue weighted by Crippen LogP contribution is -1.96. The fraction of sp³-hybridized carbons (Fsp3) is 0.0714. The van der Waals surface area contributed by atoms with Crippen LogP contribution in [-0.2, 0) is 0 Å². The van der Waals surface area contributed by atoms with Crippen molar-refractivity contribution in [2.75, 3.05) is 5.32 Å². The smallest absolute Gasteiger partial charge is 0.188 e. The number of hydrogen-bond donors (Lipinski definition) is 1. The van der Waals surface area contributed by atoms with Crippen LogP contribution in [0.3, 0.4) is 0 Å². The Hall–Kier alpha value is -2.08. The van der Waals surface area contributed by atoms with Crippen LogP contribution in [0.4, 0.5) is 24.0 Å². The summed E-state index contributed by atoms with van der Waals surface area (Å²) in [5.74, 6) is -1.42. The lowest BCUT2D eigenvalue weighted by Gasteiger charge is -2.05. The first-order chi connectivity index (χ1) is 9.52. The molecule has 0 bridgehead atoms. The van der Waals surface area contributed by atoms with E-state index >= 15 is 0 Å². The number of nitrogens with zero attached hydrogens (tertiary/aromatic N) is 1. The summed E-state index contributed by atoms with van der Waals surface area (Å²) in [5.41, 5.74) is 0.846. The molecule has 0 spiro atoms. The predicted molar refractivity (Wildman–Crippen MR) is 74.0 cm³/mol. The molecule has 0 fully saturated rings. The van der Waals surface area contributed by atoms with Crippen LogP contribution in [0.1, 0.15) is 5.56 Å². The second-order valence-electron chi connectivity index (χ2n) is 4.34. The highest BCUT2D eigenvalue weighted by atomic mass is 32.1. The van der Waals surface area contributed by atoms with E-state index in [1.165, 1.54) is 30.4 Å². The number of halogens is 3. The van der Waals surface area contributed by atoms with Crippen LogP contribution in [0.5, 0.6) is 0 Å². The van der Waals surface area contributed by atoms with Crippen molar-refractivity contribution < 1.29 is 13.2 Å². The van der Waals surface area contributed by atoms with Gasteiger partial charge in [-0.25, -0.2) is 18.2 Å². The van der Waals surface area contributed by atoms with E-state index < -0.39 is 11.6 Å². The molecule has 0 unspecified atom stereocenters. The molecular formula is C14H9F3N2S. The van der Waals surface area contributed by atoms with Crippen molar-refractivity contribution in [2.24, 2.45) is 0 Å². The molecule has 3 rings (SSSR count). The van der Waals surface area contributed by atoms with Crippen molar-refractivity contribution in [1.82, 2.24) is 4.98 Å². The van der Waals surface area contributed by atoms with Gasteiger partial charge in [-0.2, -0.15) is 0 Å². The second-order valence-corrected chi connectivity index (χ2v) is 5.37. The maximum atomic E-state index is 13.7. The molecule has 0 saturated carbocycles. The zero-order chi connectivity index (χ0) is 14.3. The van der Waals surface area contributed by atoms with Crippen molar-refractivity contribution in [3.8, 4) is 0 Å². The predicted octanol–water partition coefficient (Wildman–Crippen LogP) is 4.77. The minimum atomic E-state index is -0.561. The Bertz CT molecular complexity index is 798. The van der Waals surface area contributed by atoms with Gasteiger partial charge in [-0.1, -0.05) is 11.3 Å². The first-order valence-corrected chi connectivity index (χ1v) is 6.63. The third kappa shape index (κ3) is 2.34. The summed E-state index contributed by atoms with van der Waals surface area (Å²) in [6.07, 6.45) is 0. The molecule has 1 heterocycles. The second kappa shape index (κ2) is 4.79. The van der Waals surface area contributed by atoms with Crippen molar-refractivity contribution in [3.05, 3.63) is 53.3 Å². The number of aromatic nitrogens is 1. The molecule has 0 saturated heterocycles. The highest BCUT2D eigenvalue weighted by Crippen LogP contribution is 2.30. The van der Waals surface area contributed by atoms with Gasteiger partial charge in [-0.15, -0.1) is 0 Å². The molecule has 102 valence electrons. The van der Waals surface area contributed by atoms with E-state index in [2.05, 4.69) is 10.3 Å². The van der Waals surface area contributed by atoms with E-state index in [0.29, 0.717) is 15.3 Å². The third-order valence-corrected chi connectivity index (χ3v) is 3.77. The van der Waals surface area contributed by atoms with Gasteiger partial charge < -0.3 is 5.32 Å². The summed E-state index contributed by atoms with van der Waals surface area (Å²) in [5, 5.41) is 3.10. The maximum absolute atomic E-state index is 13.7. The molecule has 2 aromatic carbocycles. The Morgan fingerprint density at radius 1 is 1.05 bits per heavy atom. The molecule has 20 heavy (non-hydrogen) atoms. The summed E-state index contributed by atoms with van der Waals surface area (Å²) in [6, 6.07) is 6.39. The number of nitrogens with one attached hydrogen (secondary N) is 1. The van der Waals surface area contributed by atoms with Gasteiger partial charge >= 0.3 is 0 Å². The van der Waals surface area contributed by atoms with Crippen LogP contribution in [0.2, 0.25) is 0 Å². The zero-order valence-corrected chi connectivity index (χ0v) is 11.2. The van der Waals surface area contributed by atoms with Crippen LogP contribution in [0.15, 0.2) is 30.3 Å². The van der Waals surface area contributed by atoms with Crippen LogP contribution in [0.25, 0.3) is 10.2 Å². The van der Waals surface area contributed by atoms with Gasteiger partial charge in [0.05, 0.1) is 15.9 Å². The molecule has 1 aromatic heterocycles. The first-order valence-electron chi connectivity index (χ1n) is 5.82. The molecular weight excluding hydrogens is 285 g/mol. The number of aryl methyl sites for hydroxylation is 1. The largest absolute Gasteiger partial charge is 0.329 e. The Morgan fingerprint density at radius 3 is 2.65 bits per heavy atom. The Labute approximate surface area is 116 Å². The molecule has 3 aromatic rings. The summed E-state index contributed by atoms with van der Waals surface area (Å²) in [4.78, 5) is 4.19. The topological polar surface area (TPSA) is 24.9 Å². The summed E-state index contributed by atoms with van der Waals surface area (Å²) >= 11 is 1.17. The molecule has 0 aliphatic heterocycles. The lowest BCUT2D eigenvalue weighted by molar-refractivity contribution is 0.595. The summed E-state index contributed by atoms with van der Waals surface area (Å²) in [6.45, 7) is 1.49. The quantitative estimate of drug-likeness (QED) is 0.736. The van der Waals surface area contributed by atoms with Crippen LogP contribution < -0.4 is 5.32 Å². The van der Waals surface area contributed by atoms with Gasteiger partial charge in [0.25, 0.3) is 0 Å². The molecule has 1 N–H and O–H groups in total. The number of benzene rings is 2. The van der Waals surface area contributed by atoms with Gasteiger partial charge in [0.1, 0.15) is 17.5 Å². The number of hydrogen-bond acceptors (Lipinski definition) is 3. The van der Waals surface area contributed by atoms with Gasteiger partial charge in [-0.3, -0.25) is 0 Å². The van der Waals surface area contributed by atoms with E-state index in [0.717, 1.165) is 12.1 Å². The molecule has 0 amide bonds. The van der Waals surface area contributed by atoms with Crippen molar-refractivity contribution in [2.45, 2.75) is 6.92 Å². The Balaban J connectivity index is 1.99. The van der Waals surface area contributed by atoms with Gasteiger partial charge in [0.2, 0.25) is 0 Å². The van der Waals surface area contributed by atoms with E-state index in [-0.39, 0.29) is 17.1 Å². The Morgan fingerprint density at radius 2 is 1.85 bits per heavy atom. The Kier molecular flexibility index (Phi) is 3.10. The summed E-state index contributed by atoms with van der Waals surface area (Å²) < 4.78 is 40.9. The minimum Gasteiger partial charge on any atom is -0.329 e. The van der Waals surface area contributed by atoms with E-state index in [1.807, 2.05) is 0 Å². The first kappa shape index (κ1) is 12.9. The molecule has 0 radical (unpaired) electrons. The standard InChI is InChI=1S/C14H9F3N2S/c1-7-4-10(17)12(6-9(7)16)19-14-18-11-3-2-8(15)5-13(11)20-14/h2-6H,1H3,(H,18,19). The SMILES string of the molecule is Cc1cc(F)c(Nc2nc3ccc(F)cc3s2)cc1F. The number of thiazole rings is 1. The van der Waals surface area contributed by atoms with E-state index in [9.17, 15) is 13.2 Å². The fourth-order valence-electron chi connectivity index (χ4n) is 1.81. The van der Waals surface area contributed by atoms with Crippen molar-refractivity contribution in [3.63, 3.8) is 0 Å². The number of anilines is 2.